The van der Waals surface area contributed by atoms with Gasteiger partial charge in [-0.05, 0) is 43.2 Å². The lowest BCUT2D eigenvalue weighted by atomic mass is 10.2. The molecule has 0 aliphatic heterocycles. The van der Waals surface area contributed by atoms with Gasteiger partial charge in [-0.15, -0.1) is 0 Å². The molecule has 0 aliphatic carbocycles. The zero-order valence-electron chi connectivity index (χ0n) is 18.5. The lowest BCUT2D eigenvalue weighted by molar-refractivity contribution is 0.100. The number of hydrogen-bond acceptors (Lipinski definition) is 4. The van der Waals surface area contributed by atoms with E-state index in [0.717, 1.165) is 44.0 Å². The zero-order chi connectivity index (χ0) is 22.7. The Morgan fingerprint density at radius 3 is 2.47 bits per heavy atom. The molecule has 0 radical (unpaired) electrons. The van der Waals surface area contributed by atoms with Gasteiger partial charge in [-0.2, -0.15) is 0 Å². The Balaban J connectivity index is 1.65. The van der Waals surface area contributed by atoms with E-state index in [2.05, 4.69) is 30.6 Å². The number of H-pyrrole nitrogens is 1. The molecule has 0 saturated heterocycles. The van der Waals surface area contributed by atoms with Crippen LogP contribution in [0.2, 0.25) is 0 Å². The minimum atomic E-state index is -3.76. The van der Waals surface area contributed by atoms with Crippen LogP contribution in [-0.4, -0.2) is 16.7 Å². The van der Waals surface area contributed by atoms with Crippen molar-refractivity contribution >= 4 is 31.4 Å². The maximum Gasteiger partial charge on any atom is 0.476 e. The molecular weight excluding hydrogens is 423 g/mol. The maximum atomic E-state index is 13.0. The molecule has 2 heterocycles. The van der Waals surface area contributed by atoms with Crippen LogP contribution >= 0.6 is 7.82 Å². The summed E-state index contributed by atoms with van der Waals surface area (Å²) >= 11 is 0. The van der Waals surface area contributed by atoms with Crippen molar-refractivity contribution in [3.8, 4) is 0 Å². The smallest absolute Gasteiger partial charge is 0.359 e. The standard InChI is InChI=1S/C25H27N2O4P/c1-18-14-19(2)26-24(18)15-23-20(3)27(25-13-9-8-12-22(23)25)17-31-32(28,29-4)30-16-21-10-6-5-7-11-21/h5-15,26H,3,16-17H2,1-2,4H3/b23-15+. The number of phosphoric acid groups is 1. The molecule has 0 bridgehead atoms. The second-order valence-corrected chi connectivity index (χ2v) is 9.42. The van der Waals surface area contributed by atoms with Crippen molar-refractivity contribution in [3.63, 3.8) is 0 Å². The Morgan fingerprint density at radius 2 is 1.78 bits per heavy atom. The molecule has 0 amide bonds. The van der Waals surface area contributed by atoms with E-state index in [1.807, 2.05) is 66.1 Å². The summed E-state index contributed by atoms with van der Waals surface area (Å²) in [5, 5.41) is 2.76. The van der Waals surface area contributed by atoms with E-state index in [1.54, 1.807) is 0 Å². The number of nitrogens with zero attached hydrogens (tertiary/aromatic N) is 1. The minimum Gasteiger partial charge on any atom is -0.359 e. The van der Waals surface area contributed by atoms with Gasteiger partial charge >= 0.3 is 7.82 Å². The molecule has 2 aromatic heterocycles. The molecule has 0 aliphatic rings. The third-order valence-corrected chi connectivity index (χ3v) is 6.73. The first kappa shape index (κ1) is 22.3. The predicted octanol–water partition coefficient (Wildman–Crippen LogP) is 4.77. The maximum absolute atomic E-state index is 13.0. The van der Waals surface area contributed by atoms with Crippen molar-refractivity contribution in [2.45, 2.75) is 27.2 Å². The summed E-state index contributed by atoms with van der Waals surface area (Å²) in [6.45, 7) is 8.48. The van der Waals surface area contributed by atoms with E-state index in [4.69, 9.17) is 13.6 Å². The van der Waals surface area contributed by atoms with Gasteiger partial charge < -0.3 is 9.55 Å². The minimum absolute atomic E-state index is 0.0180. The molecule has 32 heavy (non-hydrogen) atoms. The van der Waals surface area contributed by atoms with Crippen LogP contribution in [0.1, 0.15) is 22.5 Å². The average molecular weight is 450 g/mol. The Morgan fingerprint density at radius 1 is 1.06 bits per heavy atom. The number of fused-ring (bicyclic) bond motifs is 1. The summed E-state index contributed by atoms with van der Waals surface area (Å²) in [6.07, 6.45) is 2.09. The lowest BCUT2D eigenvalue weighted by Gasteiger charge is -2.17. The fraction of sp³-hybridized carbons (Fsp3) is 0.200. The van der Waals surface area contributed by atoms with Gasteiger partial charge in [-0.1, -0.05) is 55.1 Å². The molecule has 7 heteroatoms. The summed E-state index contributed by atoms with van der Waals surface area (Å²) < 4.78 is 31.2. The van der Waals surface area contributed by atoms with Crippen molar-refractivity contribution in [3.05, 3.63) is 93.7 Å². The molecule has 0 fully saturated rings. The number of benzene rings is 2. The number of aryl methyl sites for hydroxylation is 2. The van der Waals surface area contributed by atoms with Gasteiger partial charge in [-0.3, -0.25) is 13.6 Å². The van der Waals surface area contributed by atoms with Crippen molar-refractivity contribution in [1.29, 1.82) is 0 Å². The summed E-state index contributed by atoms with van der Waals surface area (Å²) in [5.74, 6) is 0. The van der Waals surface area contributed by atoms with Crippen molar-refractivity contribution in [2.24, 2.45) is 0 Å². The van der Waals surface area contributed by atoms with E-state index < -0.39 is 7.82 Å². The highest BCUT2D eigenvalue weighted by Gasteiger charge is 2.25. The first-order valence-corrected chi connectivity index (χ1v) is 11.8. The molecule has 0 spiro atoms. The molecule has 0 saturated carbocycles. The summed E-state index contributed by atoms with van der Waals surface area (Å²) in [6, 6.07) is 19.5. The Bertz CT molecular complexity index is 1390. The molecule has 4 aromatic rings. The van der Waals surface area contributed by atoms with E-state index in [1.165, 1.54) is 7.11 Å². The van der Waals surface area contributed by atoms with Gasteiger partial charge in [0.1, 0.15) is 6.73 Å². The van der Waals surface area contributed by atoms with Crippen LogP contribution in [0.3, 0.4) is 0 Å². The lowest BCUT2D eigenvalue weighted by Crippen LogP contribution is -2.28. The summed E-state index contributed by atoms with van der Waals surface area (Å²) in [4.78, 5) is 3.38. The van der Waals surface area contributed by atoms with Crippen LogP contribution in [0.15, 0.2) is 60.7 Å². The Hall–Kier alpha value is -2.89. The SMILES string of the molecule is C=c1/c(=C\c2[nH]c(C)cc2C)c2ccccc2n1COP(=O)(OC)OCc1ccccc1. The van der Waals surface area contributed by atoms with Crippen LogP contribution < -0.4 is 10.6 Å². The van der Waals surface area contributed by atoms with Crippen molar-refractivity contribution in [2.75, 3.05) is 7.11 Å². The molecular formula is C25H27N2O4P. The van der Waals surface area contributed by atoms with Crippen LogP contribution in [0.25, 0.3) is 23.6 Å². The summed E-state index contributed by atoms with van der Waals surface area (Å²) in [5.41, 5.74) is 5.10. The summed E-state index contributed by atoms with van der Waals surface area (Å²) in [7, 11) is -2.44. The third-order valence-electron chi connectivity index (χ3n) is 5.40. The molecule has 2 aromatic carbocycles. The number of para-hydroxylation sites is 1. The van der Waals surface area contributed by atoms with E-state index in [-0.39, 0.29) is 13.3 Å². The third kappa shape index (κ3) is 4.64. The number of phosphoric ester groups is 1. The normalized spacial score (nSPS) is 14.2. The highest BCUT2D eigenvalue weighted by atomic mass is 31.2. The van der Waals surface area contributed by atoms with Crippen LogP contribution in [0.4, 0.5) is 0 Å². The van der Waals surface area contributed by atoms with Crippen LogP contribution in [0.5, 0.6) is 0 Å². The fourth-order valence-corrected chi connectivity index (χ4v) is 4.58. The quantitative estimate of drug-likeness (QED) is 0.393. The molecule has 166 valence electrons. The van der Waals surface area contributed by atoms with Crippen molar-refractivity contribution < 1.29 is 18.1 Å². The Kier molecular flexibility index (Phi) is 6.49. The van der Waals surface area contributed by atoms with Gasteiger partial charge in [0.15, 0.2) is 0 Å². The molecule has 1 unspecified atom stereocenters. The highest BCUT2D eigenvalue weighted by molar-refractivity contribution is 7.48. The average Bonchev–Trinajstić information content (AvgIpc) is 3.27. The first-order chi connectivity index (χ1) is 15.4. The van der Waals surface area contributed by atoms with E-state index >= 15 is 0 Å². The second-order valence-electron chi connectivity index (χ2n) is 7.65. The number of nitrogens with one attached hydrogen (secondary N) is 1. The van der Waals surface area contributed by atoms with Gasteiger partial charge in [0.05, 0.1) is 12.1 Å². The van der Waals surface area contributed by atoms with Gasteiger partial charge in [0.25, 0.3) is 0 Å². The van der Waals surface area contributed by atoms with E-state index in [0.29, 0.717) is 0 Å². The van der Waals surface area contributed by atoms with Gasteiger partial charge in [-0.25, -0.2) is 4.57 Å². The predicted molar refractivity (Wildman–Crippen MR) is 127 cm³/mol. The second kappa shape index (κ2) is 9.31. The fourth-order valence-electron chi connectivity index (χ4n) is 3.73. The monoisotopic (exact) mass is 450 g/mol. The number of aromatic amines is 1. The van der Waals surface area contributed by atoms with Crippen LogP contribution in [-0.2, 0) is 31.5 Å². The van der Waals surface area contributed by atoms with Crippen LogP contribution in [0, 0.1) is 13.8 Å². The molecule has 1 N–H and O–H groups in total. The molecule has 4 rings (SSSR count). The largest absolute Gasteiger partial charge is 0.476 e. The number of aromatic nitrogens is 2. The number of rotatable bonds is 8. The number of hydrogen-bond donors (Lipinski definition) is 1. The highest BCUT2D eigenvalue weighted by Crippen LogP contribution is 2.49. The van der Waals surface area contributed by atoms with Crippen molar-refractivity contribution in [1.82, 2.24) is 9.55 Å². The van der Waals surface area contributed by atoms with Gasteiger partial charge in [0, 0.05) is 34.5 Å². The first-order valence-electron chi connectivity index (χ1n) is 10.3. The molecule has 6 nitrogen and oxygen atoms in total. The molecule has 1 atom stereocenters. The van der Waals surface area contributed by atoms with Gasteiger partial charge in [0.2, 0.25) is 0 Å². The zero-order valence-corrected chi connectivity index (χ0v) is 19.4. The topological polar surface area (TPSA) is 65.5 Å². The Labute approximate surface area is 187 Å². The van der Waals surface area contributed by atoms with E-state index in [9.17, 15) is 4.57 Å².